The SMILES string of the molecule is CCC1SCCSC1C(O)c1cncc2ccccc12. The summed E-state index contributed by atoms with van der Waals surface area (Å²) in [4.78, 5) is 4.30. The molecule has 0 bridgehead atoms. The van der Waals surface area contributed by atoms with Gasteiger partial charge in [0, 0.05) is 45.3 Å². The second-order valence-corrected chi connectivity index (χ2v) is 7.68. The van der Waals surface area contributed by atoms with Crippen LogP contribution in [-0.2, 0) is 0 Å². The maximum absolute atomic E-state index is 10.9. The van der Waals surface area contributed by atoms with Crippen LogP contribution in [-0.4, -0.2) is 32.1 Å². The number of benzene rings is 1. The van der Waals surface area contributed by atoms with E-state index < -0.39 is 6.10 Å². The molecule has 1 aromatic heterocycles. The number of hydrogen-bond donors (Lipinski definition) is 1. The van der Waals surface area contributed by atoms with Gasteiger partial charge in [0.25, 0.3) is 0 Å². The van der Waals surface area contributed by atoms with E-state index in [1.165, 1.54) is 5.75 Å². The average Bonchev–Trinajstić information content (AvgIpc) is 2.53. The molecule has 1 N–H and O–H groups in total. The Balaban J connectivity index is 1.97. The average molecular weight is 305 g/mol. The molecule has 3 unspecified atom stereocenters. The van der Waals surface area contributed by atoms with Gasteiger partial charge in [0.05, 0.1) is 6.10 Å². The topological polar surface area (TPSA) is 33.1 Å². The molecule has 1 aliphatic heterocycles. The van der Waals surface area contributed by atoms with Gasteiger partial charge in [-0.05, 0) is 11.8 Å². The van der Waals surface area contributed by atoms with Gasteiger partial charge in [0.1, 0.15) is 0 Å². The zero-order valence-electron chi connectivity index (χ0n) is 11.5. The van der Waals surface area contributed by atoms with E-state index in [1.807, 2.05) is 48.1 Å². The first-order valence-electron chi connectivity index (χ1n) is 7.05. The lowest BCUT2D eigenvalue weighted by atomic mass is 9.99. The first kappa shape index (κ1) is 14.2. The Kier molecular flexibility index (Phi) is 4.54. The van der Waals surface area contributed by atoms with E-state index in [1.54, 1.807) is 0 Å². The fourth-order valence-electron chi connectivity index (χ4n) is 2.78. The Hall–Kier alpha value is -0.710. The summed E-state index contributed by atoms with van der Waals surface area (Å²) in [5.74, 6) is 2.32. The van der Waals surface area contributed by atoms with Crippen LogP contribution >= 0.6 is 23.5 Å². The molecule has 20 heavy (non-hydrogen) atoms. The summed E-state index contributed by atoms with van der Waals surface area (Å²) in [6.45, 7) is 2.21. The van der Waals surface area contributed by atoms with Gasteiger partial charge in [0.15, 0.2) is 0 Å². The maximum atomic E-state index is 10.9. The Bertz CT molecular complexity index is 584. The third-order valence-corrected chi connectivity index (χ3v) is 7.16. The molecule has 1 aliphatic rings. The Labute approximate surface area is 128 Å². The lowest BCUT2D eigenvalue weighted by Crippen LogP contribution is -2.31. The number of aliphatic hydroxyl groups is 1. The summed E-state index contributed by atoms with van der Waals surface area (Å²) in [5, 5.41) is 13.9. The van der Waals surface area contributed by atoms with Crippen molar-refractivity contribution in [3.8, 4) is 0 Å². The largest absolute Gasteiger partial charge is 0.387 e. The van der Waals surface area contributed by atoms with E-state index in [0.29, 0.717) is 5.25 Å². The molecule has 0 saturated carbocycles. The smallest absolute Gasteiger partial charge is 0.0940 e. The number of fused-ring (bicyclic) bond motifs is 1. The van der Waals surface area contributed by atoms with E-state index in [9.17, 15) is 5.11 Å². The normalized spacial score (nSPS) is 24.7. The lowest BCUT2D eigenvalue weighted by molar-refractivity contribution is 0.173. The number of aliphatic hydroxyl groups excluding tert-OH is 1. The second-order valence-electron chi connectivity index (χ2n) is 5.05. The van der Waals surface area contributed by atoms with Crippen LogP contribution in [0.3, 0.4) is 0 Å². The highest BCUT2D eigenvalue weighted by Gasteiger charge is 2.32. The molecular weight excluding hydrogens is 286 g/mol. The molecule has 0 amide bonds. The number of aromatic nitrogens is 1. The van der Waals surface area contributed by atoms with Crippen LogP contribution in [0.15, 0.2) is 36.7 Å². The Morgan fingerprint density at radius 1 is 1.25 bits per heavy atom. The zero-order valence-corrected chi connectivity index (χ0v) is 13.2. The number of nitrogens with zero attached hydrogens (tertiary/aromatic N) is 1. The third-order valence-electron chi connectivity index (χ3n) is 3.82. The molecule has 0 radical (unpaired) electrons. The van der Waals surface area contributed by atoms with E-state index in [-0.39, 0.29) is 5.25 Å². The molecule has 0 spiro atoms. The summed E-state index contributed by atoms with van der Waals surface area (Å²) < 4.78 is 0. The minimum atomic E-state index is -0.434. The summed E-state index contributed by atoms with van der Waals surface area (Å²) >= 11 is 3.91. The molecule has 3 atom stereocenters. The van der Waals surface area contributed by atoms with Gasteiger partial charge < -0.3 is 5.11 Å². The predicted molar refractivity (Wildman–Crippen MR) is 89.5 cm³/mol. The predicted octanol–water partition coefficient (Wildman–Crippen LogP) is 3.90. The molecule has 2 heterocycles. The van der Waals surface area contributed by atoms with Crippen LogP contribution in [0.4, 0.5) is 0 Å². The number of rotatable bonds is 3. The van der Waals surface area contributed by atoms with E-state index >= 15 is 0 Å². The number of pyridine rings is 1. The fraction of sp³-hybridized carbons (Fsp3) is 0.438. The monoisotopic (exact) mass is 305 g/mol. The van der Waals surface area contributed by atoms with Gasteiger partial charge in [-0.1, -0.05) is 31.2 Å². The van der Waals surface area contributed by atoms with Gasteiger partial charge >= 0.3 is 0 Å². The van der Waals surface area contributed by atoms with Gasteiger partial charge in [0.2, 0.25) is 0 Å². The summed E-state index contributed by atoms with van der Waals surface area (Å²) in [6, 6.07) is 8.18. The van der Waals surface area contributed by atoms with Gasteiger partial charge in [-0.15, -0.1) is 0 Å². The number of hydrogen-bond acceptors (Lipinski definition) is 4. The second kappa shape index (κ2) is 6.37. The highest BCUT2D eigenvalue weighted by atomic mass is 32.2. The molecule has 4 heteroatoms. The van der Waals surface area contributed by atoms with Crippen LogP contribution in [0.1, 0.15) is 25.0 Å². The van der Waals surface area contributed by atoms with Crippen molar-refractivity contribution in [3.05, 3.63) is 42.2 Å². The van der Waals surface area contributed by atoms with Crippen LogP contribution in [0.2, 0.25) is 0 Å². The first-order chi connectivity index (χ1) is 9.81. The number of thioether (sulfide) groups is 2. The quantitative estimate of drug-likeness (QED) is 0.932. The molecule has 0 aliphatic carbocycles. The Morgan fingerprint density at radius 3 is 2.90 bits per heavy atom. The maximum Gasteiger partial charge on any atom is 0.0940 e. The van der Waals surface area contributed by atoms with Crippen LogP contribution in [0.5, 0.6) is 0 Å². The summed E-state index contributed by atoms with van der Waals surface area (Å²) in [5.41, 5.74) is 0.974. The van der Waals surface area contributed by atoms with Crippen molar-refractivity contribution in [2.24, 2.45) is 0 Å². The van der Waals surface area contributed by atoms with Crippen molar-refractivity contribution < 1.29 is 5.11 Å². The molecule has 2 nitrogen and oxygen atoms in total. The standard InChI is InChI=1S/C16H19NOS2/c1-2-14-16(20-8-7-19-14)15(18)13-10-17-9-11-5-3-4-6-12(11)13/h3-6,9-10,14-16,18H,2,7-8H2,1H3. The van der Waals surface area contributed by atoms with Crippen LogP contribution in [0.25, 0.3) is 10.8 Å². The summed E-state index contributed by atoms with van der Waals surface area (Å²) in [7, 11) is 0. The van der Waals surface area contributed by atoms with E-state index in [4.69, 9.17) is 0 Å². The van der Waals surface area contributed by atoms with Crippen molar-refractivity contribution in [2.75, 3.05) is 11.5 Å². The molecule has 3 rings (SSSR count). The third kappa shape index (κ3) is 2.69. The summed E-state index contributed by atoms with van der Waals surface area (Å²) in [6.07, 6.45) is 4.37. The zero-order chi connectivity index (χ0) is 13.9. The molecule has 2 aromatic rings. The first-order valence-corrected chi connectivity index (χ1v) is 9.15. The van der Waals surface area contributed by atoms with Crippen molar-refractivity contribution >= 4 is 34.3 Å². The van der Waals surface area contributed by atoms with E-state index in [2.05, 4.69) is 24.0 Å². The molecular formula is C16H19NOS2. The molecule has 106 valence electrons. The van der Waals surface area contributed by atoms with Crippen molar-refractivity contribution in [2.45, 2.75) is 29.9 Å². The lowest BCUT2D eigenvalue weighted by Gasteiger charge is -2.33. The fourth-order valence-corrected chi connectivity index (χ4v) is 5.91. The van der Waals surface area contributed by atoms with Gasteiger partial charge in [-0.3, -0.25) is 4.98 Å². The van der Waals surface area contributed by atoms with Crippen molar-refractivity contribution in [1.82, 2.24) is 4.98 Å². The molecule has 1 aromatic carbocycles. The van der Waals surface area contributed by atoms with Crippen LogP contribution in [0, 0.1) is 0 Å². The Morgan fingerprint density at radius 2 is 2.05 bits per heavy atom. The minimum absolute atomic E-state index is 0.270. The highest BCUT2D eigenvalue weighted by Crippen LogP contribution is 2.41. The highest BCUT2D eigenvalue weighted by molar-refractivity contribution is 8.07. The minimum Gasteiger partial charge on any atom is -0.387 e. The van der Waals surface area contributed by atoms with Crippen molar-refractivity contribution in [1.29, 1.82) is 0 Å². The van der Waals surface area contributed by atoms with Gasteiger partial charge in [-0.2, -0.15) is 23.5 Å². The van der Waals surface area contributed by atoms with Crippen LogP contribution < -0.4 is 0 Å². The van der Waals surface area contributed by atoms with Crippen molar-refractivity contribution in [3.63, 3.8) is 0 Å². The van der Waals surface area contributed by atoms with E-state index in [0.717, 1.165) is 28.5 Å². The molecule has 1 fully saturated rings. The van der Waals surface area contributed by atoms with Gasteiger partial charge in [-0.25, -0.2) is 0 Å². The molecule has 1 saturated heterocycles.